The van der Waals surface area contributed by atoms with Crippen LogP contribution in [0, 0.1) is 62.7 Å². The molecule has 0 unspecified atom stereocenters. The van der Waals surface area contributed by atoms with E-state index in [9.17, 15) is 14.9 Å². The van der Waals surface area contributed by atoms with Crippen molar-refractivity contribution >= 4 is 29.4 Å². The number of nitrogens with zero attached hydrogens (tertiary/aromatic N) is 4. The topological polar surface area (TPSA) is 78.5 Å². The third kappa shape index (κ3) is 2.43. The number of hydrazone groups is 1. The summed E-state index contributed by atoms with van der Waals surface area (Å²) in [7, 11) is 0. The predicted molar refractivity (Wildman–Crippen MR) is 114 cm³/mol. The lowest BCUT2D eigenvalue weighted by Gasteiger charge is -2.13. The minimum atomic E-state index is -0.243. The van der Waals surface area contributed by atoms with Crippen molar-refractivity contribution in [2.24, 2.45) is 28.8 Å². The SMILES string of the molecule is Cc1sc(-n2c(C)cc(C=NN3C(=O)[C@@H]4[C@H](C3=O)[C@H]3C=C[C@H]4C3)c2C)c(C#N)c1C. The van der Waals surface area contributed by atoms with E-state index < -0.39 is 0 Å². The molecule has 5 rings (SSSR count). The number of amides is 2. The molecule has 2 aromatic heterocycles. The number of aromatic nitrogens is 1. The fourth-order valence-electron chi connectivity index (χ4n) is 5.25. The van der Waals surface area contributed by atoms with Crippen LogP contribution in [0.2, 0.25) is 0 Å². The number of rotatable bonds is 3. The number of imide groups is 1. The molecular weight excluding hydrogens is 396 g/mol. The molecule has 30 heavy (non-hydrogen) atoms. The van der Waals surface area contributed by atoms with Crippen molar-refractivity contribution in [1.29, 1.82) is 5.26 Å². The maximum Gasteiger partial charge on any atom is 0.254 e. The Morgan fingerprint density at radius 1 is 1.13 bits per heavy atom. The summed E-state index contributed by atoms with van der Waals surface area (Å²) in [6, 6.07) is 4.30. The summed E-state index contributed by atoms with van der Waals surface area (Å²) in [6.07, 6.45) is 6.67. The van der Waals surface area contributed by atoms with Crippen LogP contribution >= 0.6 is 11.3 Å². The highest BCUT2D eigenvalue weighted by atomic mass is 32.1. The van der Waals surface area contributed by atoms with E-state index in [0.717, 1.165) is 43.8 Å². The average molecular weight is 419 g/mol. The summed E-state index contributed by atoms with van der Waals surface area (Å²) in [5, 5.41) is 15.9. The molecule has 2 aliphatic carbocycles. The number of hydrogen-bond acceptors (Lipinski definition) is 5. The normalized spacial score (nSPS) is 27.0. The minimum Gasteiger partial charge on any atom is -0.308 e. The molecule has 152 valence electrons. The molecule has 2 amide bonds. The number of allylic oxidation sites excluding steroid dienone is 2. The number of hydrogen-bond donors (Lipinski definition) is 0. The largest absolute Gasteiger partial charge is 0.308 e. The van der Waals surface area contributed by atoms with Crippen molar-refractivity contribution in [2.45, 2.75) is 34.1 Å². The average Bonchev–Trinajstić information content (AvgIpc) is 3.48. The zero-order chi connectivity index (χ0) is 21.3. The Bertz CT molecular complexity index is 1180. The van der Waals surface area contributed by atoms with Gasteiger partial charge in [-0.3, -0.25) is 9.59 Å². The van der Waals surface area contributed by atoms with E-state index in [1.54, 1.807) is 17.6 Å². The molecular formula is C23H22N4O2S. The first-order chi connectivity index (χ1) is 14.3. The Balaban J connectivity index is 1.48. The lowest BCUT2D eigenvalue weighted by molar-refractivity contribution is -0.140. The van der Waals surface area contributed by atoms with Gasteiger partial charge in [0.15, 0.2) is 0 Å². The van der Waals surface area contributed by atoms with E-state index in [0.29, 0.717) is 5.56 Å². The molecule has 2 fully saturated rings. The van der Waals surface area contributed by atoms with Gasteiger partial charge in [0.1, 0.15) is 11.1 Å². The predicted octanol–water partition coefficient (Wildman–Crippen LogP) is 3.79. The number of fused-ring (bicyclic) bond motifs is 5. The van der Waals surface area contributed by atoms with Crippen molar-refractivity contribution < 1.29 is 9.59 Å². The van der Waals surface area contributed by atoms with E-state index in [-0.39, 0.29) is 35.5 Å². The second-order valence-corrected chi connectivity index (χ2v) is 9.67. The van der Waals surface area contributed by atoms with Gasteiger partial charge in [0, 0.05) is 21.8 Å². The quantitative estimate of drug-likeness (QED) is 0.432. The molecule has 7 heteroatoms. The maximum absolute atomic E-state index is 12.8. The van der Waals surface area contributed by atoms with Crippen LogP contribution in [0.4, 0.5) is 0 Å². The molecule has 1 aliphatic heterocycles. The number of nitriles is 1. The molecule has 6 nitrogen and oxygen atoms in total. The summed E-state index contributed by atoms with van der Waals surface area (Å²) in [5.41, 5.74) is 4.42. The second-order valence-electron chi connectivity index (χ2n) is 8.47. The van der Waals surface area contributed by atoms with Gasteiger partial charge in [0.25, 0.3) is 11.8 Å². The molecule has 0 radical (unpaired) electrons. The lowest BCUT2D eigenvalue weighted by atomic mass is 9.85. The zero-order valence-electron chi connectivity index (χ0n) is 17.3. The van der Waals surface area contributed by atoms with E-state index in [2.05, 4.69) is 27.9 Å². The highest BCUT2D eigenvalue weighted by Gasteiger charge is 2.59. The van der Waals surface area contributed by atoms with Crippen LogP contribution in [0.25, 0.3) is 5.00 Å². The first-order valence-corrected chi connectivity index (χ1v) is 10.9. The monoisotopic (exact) mass is 418 g/mol. The summed E-state index contributed by atoms with van der Waals surface area (Å²) in [5.74, 6) is -0.487. The lowest BCUT2D eigenvalue weighted by Crippen LogP contribution is -2.28. The third-order valence-corrected chi connectivity index (χ3v) is 8.10. The summed E-state index contributed by atoms with van der Waals surface area (Å²) in [6.45, 7) is 7.93. The van der Waals surface area contributed by atoms with Crippen molar-refractivity contribution in [3.05, 3.63) is 51.2 Å². The Morgan fingerprint density at radius 3 is 2.37 bits per heavy atom. The fraction of sp³-hybridized carbons (Fsp3) is 0.391. The van der Waals surface area contributed by atoms with Crippen LogP contribution in [0.3, 0.4) is 0 Å². The van der Waals surface area contributed by atoms with E-state index in [4.69, 9.17) is 0 Å². The van der Waals surface area contributed by atoms with Crippen LogP contribution in [0.15, 0.2) is 23.3 Å². The Hall–Kier alpha value is -2.98. The molecule has 1 saturated carbocycles. The van der Waals surface area contributed by atoms with Crippen molar-refractivity contribution in [3.63, 3.8) is 0 Å². The third-order valence-electron chi connectivity index (χ3n) is 6.91. The van der Waals surface area contributed by atoms with Crippen molar-refractivity contribution in [1.82, 2.24) is 9.58 Å². The van der Waals surface area contributed by atoms with Gasteiger partial charge in [-0.25, -0.2) is 0 Å². The molecule has 3 heterocycles. The molecule has 4 atom stereocenters. The Morgan fingerprint density at radius 2 is 1.77 bits per heavy atom. The molecule has 3 aliphatic rings. The van der Waals surface area contributed by atoms with E-state index in [1.165, 1.54) is 0 Å². The number of aryl methyl sites for hydroxylation is 2. The highest BCUT2D eigenvalue weighted by molar-refractivity contribution is 7.14. The Labute approximate surface area is 179 Å². The van der Waals surface area contributed by atoms with Gasteiger partial charge >= 0.3 is 0 Å². The van der Waals surface area contributed by atoms with Gasteiger partial charge in [-0.2, -0.15) is 15.4 Å². The van der Waals surface area contributed by atoms with Gasteiger partial charge < -0.3 is 4.57 Å². The van der Waals surface area contributed by atoms with Crippen LogP contribution < -0.4 is 0 Å². The second kappa shape index (κ2) is 6.51. The summed E-state index contributed by atoms with van der Waals surface area (Å²) < 4.78 is 2.05. The number of thiophene rings is 1. The summed E-state index contributed by atoms with van der Waals surface area (Å²) >= 11 is 1.59. The molecule has 0 spiro atoms. The number of carbonyl (C=O) groups excluding carboxylic acids is 2. The number of carbonyl (C=O) groups is 2. The molecule has 2 bridgehead atoms. The van der Waals surface area contributed by atoms with Gasteiger partial charge in [-0.15, -0.1) is 11.3 Å². The molecule has 0 N–H and O–H groups in total. The maximum atomic E-state index is 12.8. The van der Waals surface area contributed by atoms with Gasteiger partial charge in [0.2, 0.25) is 0 Å². The first kappa shape index (κ1) is 19.0. The Kier molecular flexibility index (Phi) is 4.13. The van der Waals surface area contributed by atoms with E-state index >= 15 is 0 Å². The van der Waals surface area contributed by atoms with Crippen LogP contribution in [-0.4, -0.2) is 27.6 Å². The minimum absolute atomic E-state index is 0.177. The van der Waals surface area contributed by atoms with Crippen LogP contribution in [0.5, 0.6) is 0 Å². The van der Waals surface area contributed by atoms with Crippen LogP contribution in [0.1, 0.15) is 39.4 Å². The van der Waals surface area contributed by atoms with Gasteiger partial charge in [0.05, 0.1) is 23.6 Å². The first-order valence-electron chi connectivity index (χ1n) is 10.1. The zero-order valence-corrected chi connectivity index (χ0v) is 18.2. The summed E-state index contributed by atoms with van der Waals surface area (Å²) in [4.78, 5) is 26.8. The van der Waals surface area contributed by atoms with Gasteiger partial charge in [-0.1, -0.05) is 12.2 Å². The van der Waals surface area contributed by atoms with Gasteiger partial charge in [-0.05, 0) is 57.6 Å². The van der Waals surface area contributed by atoms with Crippen molar-refractivity contribution in [3.8, 4) is 11.1 Å². The standard InChI is InChI=1S/C23H22N4O2S/c1-11-7-17(13(3)26(11)23-18(9-24)12(2)14(4)30-23)10-25-27-21(28)19-15-5-6-16(8-15)20(19)22(27)29/h5-7,10,15-16,19-20H,8H2,1-4H3/t15-,16-,19-,20+/m0/s1. The van der Waals surface area contributed by atoms with Crippen LogP contribution in [-0.2, 0) is 9.59 Å². The highest BCUT2D eigenvalue weighted by Crippen LogP contribution is 2.52. The van der Waals surface area contributed by atoms with Crippen molar-refractivity contribution in [2.75, 3.05) is 0 Å². The molecule has 1 saturated heterocycles. The van der Waals surface area contributed by atoms with E-state index in [1.807, 2.05) is 33.8 Å². The smallest absolute Gasteiger partial charge is 0.254 e. The fourth-order valence-corrected chi connectivity index (χ4v) is 6.47. The molecule has 2 aromatic rings. The molecule has 0 aromatic carbocycles.